The van der Waals surface area contributed by atoms with Crippen LogP contribution in [-0.4, -0.2) is 44.3 Å². The van der Waals surface area contributed by atoms with E-state index in [1.54, 1.807) is 41.3 Å². The molecule has 0 aromatic heterocycles. The summed E-state index contributed by atoms with van der Waals surface area (Å²) in [6.45, 7) is 3.17. The van der Waals surface area contributed by atoms with Crippen LogP contribution < -0.4 is 10.0 Å². The summed E-state index contributed by atoms with van der Waals surface area (Å²) in [5.41, 5.74) is 2.01. The van der Waals surface area contributed by atoms with Crippen LogP contribution in [0, 0.1) is 5.92 Å². The lowest BCUT2D eigenvalue weighted by Crippen LogP contribution is -2.44. The molecule has 4 rings (SSSR count). The number of benzene rings is 2. The molecule has 2 aromatic carbocycles. The summed E-state index contributed by atoms with van der Waals surface area (Å²) in [5.74, 6) is -0.00585. The Morgan fingerprint density at radius 1 is 0.914 bits per heavy atom. The van der Waals surface area contributed by atoms with Crippen molar-refractivity contribution in [1.82, 2.24) is 10.2 Å². The third-order valence-corrected chi connectivity index (χ3v) is 8.41. The van der Waals surface area contributed by atoms with Crippen molar-refractivity contribution in [2.45, 2.75) is 69.2 Å². The Kier molecular flexibility index (Phi) is 8.11. The first-order valence-electron chi connectivity index (χ1n) is 12.7. The largest absolute Gasteiger partial charge is 0.353 e. The number of sulfonamides is 1. The lowest BCUT2D eigenvalue weighted by atomic mass is 9.95. The Morgan fingerprint density at radius 2 is 1.54 bits per heavy atom. The number of hydrogen-bond acceptors (Lipinski definition) is 4. The van der Waals surface area contributed by atoms with Crippen molar-refractivity contribution in [3.63, 3.8) is 0 Å². The van der Waals surface area contributed by atoms with E-state index < -0.39 is 10.0 Å². The molecule has 0 spiro atoms. The second-order valence-corrected chi connectivity index (χ2v) is 11.3. The predicted octanol–water partition coefficient (Wildman–Crippen LogP) is 4.35. The summed E-state index contributed by atoms with van der Waals surface area (Å²) < 4.78 is 28.0. The first-order valence-corrected chi connectivity index (χ1v) is 14.2. The van der Waals surface area contributed by atoms with Gasteiger partial charge in [0, 0.05) is 36.3 Å². The lowest BCUT2D eigenvalue weighted by Gasteiger charge is -2.32. The number of carbonyl (C=O) groups excluding carboxylic acids is 2. The van der Waals surface area contributed by atoms with Crippen LogP contribution in [-0.2, 0) is 21.2 Å². The van der Waals surface area contributed by atoms with Crippen molar-refractivity contribution < 1.29 is 18.0 Å². The van der Waals surface area contributed by atoms with Gasteiger partial charge in [0.15, 0.2) is 0 Å². The summed E-state index contributed by atoms with van der Waals surface area (Å²) in [6, 6.07) is 13.7. The fourth-order valence-corrected chi connectivity index (χ4v) is 5.99. The number of carbonyl (C=O) groups is 2. The van der Waals surface area contributed by atoms with Crippen LogP contribution in [0.1, 0.15) is 67.8 Å². The van der Waals surface area contributed by atoms with E-state index in [0.29, 0.717) is 43.2 Å². The number of likely N-dealkylation sites (tertiary alicyclic amines) is 1. The maximum atomic E-state index is 12.9. The molecule has 1 aliphatic heterocycles. The van der Waals surface area contributed by atoms with Gasteiger partial charge in [-0.15, -0.1) is 0 Å². The van der Waals surface area contributed by atoms with Crippen LogP contribution in [0.25, 0.3) is 0 Å². The number of amides is 2. The second kappa shape index (κ2) is 11.2. The fourth-order valence-electron chi connectivity index (χ4n) is 4.94. The maximum Gasteiger partial charge on any atom is 0.261 e. The topological polar surface area (TPSA) is 95.6 Å². The van der Waals surface area contributed by atoms with Gasteiger partial charge >= 0.3 is 0 Å². The highest BCUT2D eigenvalue weighted by Crippen LogP contribution is 2.23. The zero-order valence-electron chi connectivity index (χ0n) is 20.3. The molecular weight excluding hydrogens is 462 g/mol. The first kappa shape index (κ1) is 25.2. The first-order chi connectivity index (χ1) is 16.9. The third-order valence-electron chi connectivity index (χ3n) is 7.01. The van der Waals surface area contributed by atoms with Crippen molar-refractivity contribution in [3.8, 4) is 0 Å². The molecule has 1 saturated carbocycles. The monoisotopic (exact) mass is 497 g/mol. The molecule has 2 amide bonds. The molecule has 0 bridgehead atoms. The number of nitrogens with one attached hydrogen (secondary N) is 2. The third kappa shape index (κ3) is 6.42. The summed E-state index contributed by atoms with van der Waals surface area (Å²) in [4.78, 5) is 27.5. The molecule has 0 radical (unpaired) electrons. The minimum atomic E-state index is -3.71. The summed E-state index contributed by atoms with van der Waals surface area (Å²) in [6.07, 6.45) is 7.76. The van der Waals surface area contributed by atoms with Crippen molar-refractivity contribution in [2.75, 3.05) is 17.8 Å². The normalized spacial score (nSPS) is 17.3. The number of rotatable bonds is 8. The van der Waals surface area contributed by atoms with Gasteiger partial charge in [-0.25, -0.2) is 8.42 Å². The standard InChI is InChI=1S/C27H35N3O4S/c1-2-5-20-8-14-25(15-9-20)35(33,34)29-24-12-10-22(11-13-24)27(32)30-18-16-21(17-19-30)26(31)28-23-6-3-4-7-23/h8-15,21,23,29H,2-7,16-19H2,1H3,(H,28,31). The molecule has 7 nitrogen and oxygen atoms in total. The molecule has 35 heavy (non-hydrogen) atoms. The van der Waals surface area contributed by atoms with Crippen LogP contribution in [0.5, 0.6) is 0 Å². The molecule has 2 aromatic rings. The van der Waals surface area contributed by atoms with E-state index in [2.05, 4.69) is 17.0 Å². The molecule has 0 atom stereocenters. The highest BCUT2D eigenvalue weighted by atomic mass is 32.2. The Balaban J connectivity index is 1.30. The van der Waals surface area contributed by atoms with Crippen LogP contribution >= 0.6 is 0 Å². The number of piperidine rings is 1. The summed E-state index contributed by atoms with van der Waals surface area (Å²) >= 11 is 0. The van der Waals surface area contributed by atoms with Gasteiger partial charge < -0.3 is 10.2 Å². The van der Waals surface area contributed by atoms with Crippen molar-refractivity contribution >= 4 is 27.5 Å². The number of anilines is 1. The zero-order chi connectivity index (χ0) is 24.8. The quantitative estimate of drug-likeness (QED) is 0.567. The number of nitrogens with zero attached hydrogens (tertiary/aromatic N) is 1. The summed E-state index contributed by atoms with van der Waals surface area (Å²) in [7, 11) is -3.71. The van der Waals surface area contributed by atoms with E-state index in [0.717, 1.165) is 31.2 Å². The summed E-state index contributed by atoms with van der Waals surface area (Å²) in [5, 5.41) is 3.17. The average molecular weight is 498 g/mol. The van der Waals surface area contributed by atoms with Gasteiger partial charge in [-0.05, 0) is 74.1 Å². The van der Waals surface area contributed by atoms with Gasteiger partial charge in [-0.2, -0.15) is 0 Å². The molecule has 1 heterocycles. The lowest BCUT2D eigenvalue weighted by molar-refractivity contribution is -0.127. The van der Waals surface area contributed by atoms with E-state index in [-0.39, 0.29) is 22.6 Å². The fraction of sp³-hybridized carbons (Fsp3) is 0.481. The molecule has 1 saturated heterocycles. The van der Waals surface area contributed by atoms with E-state index in [1.807, 2.05) is 12.1 Å². The van der Waals surface area contributed by atoms with Gasteiger partial charge in [-0.3, -0.25) is 14.3 Å². The maximum absolute atomic E-state index is 12.9. The van der Waals surface area contributed by atoms with Crippen LogP contribution in [0.2, 0.25) is 0 Å². The predicted molar refractivity (Wildman–Crippen MR) is 137 cm³/mol. The van der Waals surface area contributed by atoms with Crippen LogP contribution in [0.3, 0.4) is 0 Å². The SMILES string of the molecule is CCCc1ccc(S(=O)(=O)Nc2ccc(C(=O)N3CCC(C(=O)NC4CCCC4)CC3)cc2)cc1. The molecule has 2 N–H and O–H groups in total. The number of aryl methyl sites for hydroxylation is 1. The van der Waals surface area contributed by atoms with E-state index in [1.165, 1.54) is 12.8 Å². The Morgan fingerprint density at radius 3 is 2.14 bits per heavy atom. The van der Waals surface area contributed by atoms with Gasteiger partial charge in [0.1, 0.15) is 0 Å². The highest BCUT2D eigenvalue weighted by Gasteiger charge is 2.29. The molecule has 2 aliphatic rings. The molecule has 1 aliphatic carbocycles. The van der Waals surface area contributed by atoms with Gasteiger partial charge in [0.05, 0.1) is 4.90 Å². The second-order valence-electron chi connectivity index (χ2n) is 9.63. The minimum absolute atomic E-state index is 0.0347. The van der Waals surface area contributed by atoms with Crippen molar-refractivity contribution in [1.29, 1.82) is 0 Å². The van der Waals surface area contributed by atoms with Crippen LogP contribution in [0.4, 0.5) is 5.69 Å². The average Bonchev–Trinajstić information content (AvgIpc) is 3.37. The van der Waals surface area contributed by atoms with Gasteiger partial charge in [0.25, 0.3) is 15.9 Å². The zero-order valence-corrected chi connectivity index (χ0v) is 21.1. The Bertz CT molecular complexity index is 1120. The van der Waals surface area contributed by atoms with E-state index >= 15 is 0 Å². The van der Waals surface area contributed by atoms with Crippen molar-refractivity contribution in [3.05, 3.63) is 59.7 Å². The minimum Gasteiger partial charge on any atom is -0.353 e. The van der Waals surface area contributed by atoms with E-state index in [4.69, 9.17) is 0 Å². The van der Waals surface area contributed by atoms with Crippen LogP contribution in [0.15, 0.2) is 53.4 Å². The molecule has 0 unspecified atom stereocenters. The van der Waals surface area contributed by atoms with Crippen molar-refractivity contribution in [2.24, 2.45) is 5.92 Å². The Labute approximate surface area is 208 Å². The van der Waals surface area contributed by atoms with Gasteiger partial charge in [0.2, 0.25) is 5.91 Å². The highest BCUT2D eigenvalue weighted by molar-refractivity contribution is 7.92. The van der Waals surface area contributed by atoms with Gasteiger partial charge in [-0.1, -0.05) is 38.3 Å². The smallest absolute Gasteiger partial charge is 0.261 e. The molecule has 2 fully saturated rings. The molecule has 8 heteroatoms. The van der Waals surface area contributed by atoms with E-state index in [9.17, 15) is 18.0 Å². The Hall–Kier alpha value is -2.87. The number of hydrogen-bond donors (Lipinski definition) is 2. The molecular formula is C27H35N3O4S. The molecule has 188 valence electrons.